The summed E-state index contributed by atoms with van der Waals surface area (Å²) in [5, 5.41) is 37.2. The summed E-state index contributed by atoms with van der Waals surface area (Å²) in [6, 6.07) is -1.43. The molecule has 11 nitrogen and oxygen atoms in total. The van der Waals surface area contributed by atoms with Crippen LogP contribution in [0.15, 0.2) is 6.20 Å². The molecule has 0 bridgehead atoms. The lowest BCUT2D eigenvalue weighted by atomic mass is 9.95. The minimum atomic E-state index is -1.43. The number of aliphatic hydroxyl groups is 1. The number of aliphatic carboxylic acids is 2. The van der Waals surface area contributed by atoms with Gasteiger partial charge in [-0.25, -0.2) is 14.3 Å². The van der Waals surface area contributed by atoms with Crippen molar-refractivity contribution in [2.75, 3.05) is 6.61 Å². The molecule has 2 atom stereocenters. The number of aromatic nitrogens is 3. The van der Waals surface area contributed by atoms with Gasteiger partial charge in [0.15, 0.2) is 0 Å². The molecule has 26 heavy (non-hydrogen) atoms. The van der Waals surface area contributed by atoms with E-state index in [9.17, 15) is 24.6 Å². The van der Waals surface area contributed by atoms with Crippen molar-refractivity contribution >= 4 is 18.0 Å². The first-order chi connectivity index (χ1) is 12.0. The van der Waals surface area contributed by atoms with Gasteiger partial charge in [-0.05, 0) is 27.2 Å². The molecule has 0 aliphatic carbocycles. The predicted molar refractivity (Wildman–Crippen MR) is 87.3 cm³/mol. The number of nitrogens with zero attached hydrogens (tertiary/aromatic N) is 3. The molecule has 1 aromatic heterocycles. The van der Waals surface area contributed by atoms with Crippen molar-refractivity contribution in [1.82, 2.24) is 20.3 Å². The Bertz CT molecular complexity index is 638. The number of aliphatic hydroxyl groups excluding tert-OH is 1. The van der Waals surface area contributed by atoms with Crippen molar-refractivity contribution < 1.29 is 34.4 Å². The molecule has 0 saturated heterocycles. The number of amides is 1. The molecular formula is C15H24N4O7. The molecule has 4 N–H and O–H groups in total. The second kappa shape index (κ2) is 9.13. The van der Waals surface area contributed by atoms with Crippen LogP contribution in [0.25, 0.3) is 0 Å². The summed E-state index contributed by atoms with van der Waals surface area (Å²) in [5.41, 5.74) is -0.475. The number of hydrogen-bond acceptors (Lipinski definition) is 7. The summed E-state index contributed by atoms with van der Waals surface area (Å²) >= 11 is 0. The smallest absolute Gasteiger partial charge is 0.408 e. The third kappa shape index (κ3) is 7.47. The number of carboxylic acid groups (broad SMARTS) is 2. The molecule has 11 heteroatoms. The largest absolute Gasteiger partial charge is 0.481 e. The van der Waals surface area contributed by atoms with Crippen molar-refractivity contribution in [3.05, 3.63) is 11.9 Å². The molecule has 0 saturated carbocycles. The van der Waals surface area contributed by atoms with E-state index in [1.807, 2.05) is 0 Å². The topological polar surface area (TPSA) is 164 Å². The van der Waals surface area contributed by atoms with Crippen molar-refractivity contribution in [3.8, 4) is 0 Å². The van der Waals surface area contributed by atoms with Crippen LogP contribution >= 0.6 is 0 Å². The van der Waals surface area contributed by atoms with Gasteiger partial charge < -0.3 is 25.4 Å². The van der Waals surface area contributed by atoms with Gasteiger partial charge >= 0.3 is 18.0 Å². The van der Waals surface area contributed by atoms with E-state index in [0.717, 1.165) is 0 Å². The van der Waals surface area contributed by atoms with Gasteiger partial charge in [-0.15, -0.1) is 5.10 Å². The lowest BCUT2D eigenvalue weighted by molar-refractivity contribution is -0.144. The van der Waals surface area contributed by atoms with Crippen molar-refractivity contribution in [1.29, 1.82) is 0 Å². The van der Waals surface area contributed by atoms with Crippen molar-refractivity contribution in [2.24, 2.45) is 5.92 Å². The van der Waals surface area contributed by atoms with E-state index in [2.05, 4.69) is 15.6 Å². The lowest BCUT2D eigenvalue weighted by Gasteiger charge is -2.23. The minimum Gasteiger partial charge on any atom is -0.481 e. The molecule has 1 amide bonds. The van der Waals surface area contributed by atoms with E-state index in [4.69, 9.17) is 9.84 Å². The molecule has 0 fully saturated rings. The number of carboxylic acids is 2. The molecule has 0 aromatic carbocycles. The maximum atomic E-state index is 11.8. The Balaban J connectivity index is 2.78. The maximum Gasteiger partial charge on any atom is 0.408 e. The standard InChI is InChI=1S/C15H24N4O7/c1-15(2,3)26-14(25)16-11(13(23)24)7-9(12(21)22)6-10-8-19(4-5-20)18-17-10/h8-9,11,20H,4-7H2,1-3H3,(H,16,25)(H,21,22)(H,23,24)/t9?,11-/m0/s1. The molecule has 1 aromatic rings. The zero-order valence-electron chi connectivity index (χ0n) is 14.9. The van der Waals surface area contributed by atoms with Crippen LogP contribution in [0.4, 0.5) is 4.79 Å². The van der Waals surface area contributed by atoms with Crippen LogP contribution in [0.2, 0.25) is 0 Å². The highest BCUT2D eigenvalue weighted by molar-refractivity contribution is 5.81. The van der Waals surface area contributed by atoms with Gasteiger partial charge in [-0.2, -0.15) is 0 Å². The van der Waals surface area contributed by atoms with E-state index in [-0.39, 0.29) is 26.0 Å². The normalized spacial score (nSPS) is 13.7. The number of alkyl carbamates (subject to hydrolysis) is 1. The number of rotatable bonds is 9. The van der Waals surface area contributed by atoms with Gasteiger partial charge in [0.25, 0.3) is 0 Å². The van der Waals surface area contributed by atoms with Crippen LogP contribution in [0.3, 0.4) is 0 Å². The molecule has 0 aliphatic heterocycles. The fourth-order valence-electron chi connectivity index (χ4n) is 2.12. The summed E-state index contributed by atoms with van der Waals surface area (Å²) in [6.45, 7) is 4.93. The summed E-state index contributed by atoms with van der Waals surface area (Å²) in [4.78, 5) is 34.6. The maximum absolute atomic E-state index is 11.8. The second-order valence-corrected chi connectivity index (χ2v) is 6.71. The monoisotopic (exact) mass is 372 g/mol. The Labute approximate surface area is 150 Å². The predicted octanol–water partition coefficient (Wildman–Crippen LogP) is -0.118. The highest BCUT2D eigenvalue weighted by Gasteiger charge is 2.30. The Hall–Kier alpha value is -2.69. The average molecular weight is 372 g/mol. The number of hydrogen-bond donors (Lipinski definition) is 4. The Morgan fingerprint density at radius 1 is 1.27 bits per heavy atom. The van der Waals surface area contributed by atoms with E-state index >= 15 is 0 Å². The van der Waals surface area contributed by atoms with Crippen LogP contribution in [-0.2, 0) is 27.3 Å². The SMILES string of the molecule is CC(C)(C)OC(=O)N[C@@H](CC(Cc1cn(CCO)nn1)C(=O)O)C(=O)O. The first-order valence-electron chi connectivity index (χ1n) is 7.97. The molecule has 146 valence electrons. The van der Waals surface area contributed by atoms with Gasteiger partial charge in [0, 0.05) is 12.6 Å². The fraction of sp³-hybridized carbons (Fsp3) is 0.667. The number of carbonyl (C=O) groups is 3. The molecule has 1 heterocycles. The summed E-state index contributed by atoms with van der Waals surface area (Å²) in [7, 11) is 0. The van der Waals surface area contributed by atoms with Gasteiger partial charge in [0.05, 0.1) is 24.8 Å². The number of ether oxygens (including phenoxy) is 1. The van der Waals surface area contributed by atoms with Crippen LogP contribution < -0.4 is 5.32 Å². The number of nitrogens with one attached hydrogen (secondary N) is 1. The quantitative estimate of drug-likeness (QED) is 0.462. The fourth-order valence-corrected chi connectivity index (χ4v) is 2.12. The second-order valence-electron chi connectivity index (χ2n) is 6.71. The summed E-state index contributed by atoms with van der Waals surface area (Å²) in [5.74, 6) is -3.70. The molecular weight excluding hydrogens is 348 g/mol. The Morgan fingerprint density at radius 3 is 2.42 bits per heavy atom. The highest BCUT2D eigenvalue weighted by Crippen LogP contribution is 2.15. The minimum absolute atomic E-state index is 0.0689. The van der Waals surface area contributed by atoms with E-state index in [1.54, 1.807) is 20.8 Å². The zero-order valence-corrected chi connectivity index (χ0v) is 14.9. The third-order valence-corrected chi connectivity index (χ3v) is 3.23. The summed E-state index contributed by atoms with van der Waals surface area (Å²) < 4.78 is 6.35. The first-order valence-corrected chi connectivity index (χ1v) is 7.97. The van der Waals surface area contributed by atoms with E-state index < -0.39 is 35.6 Å². The van der Waals surface area contributed by atoms with Gasteiger partial charge in [-0.3, -0.25) is 4.79 Å². The molecule has 0 spiro atoms. The van der Waals surface area contributed by atoms with Gasteiger partial charge in [-0.1, -0.05) is 5.21 Å². The van der Waals surface area contributed by atoms with Crippen LogP contribution in [0.1, 0.15) is 32.9 Å². The van der Waals surface area contributed by atoms with Crippen LogP contribution in [0, 0.1) is 5.92 Å². The van der Waals surface area contributed by atoms with Crippen LogP contribution in [0.5, 0.6) is 0 Å². The molecule has 0 radical (unpaired) electrons. The Morgan fingerprint density at radius 2 is 1.92 bits per heavy atom. The Kier molecular flexibility index (Phi) is 7.50. The molecule has 1 rings (SSSR count). The first kappa shape index (κ1) is 21.4. The molecule has 1 unspecified atom stereocenters. The highest BCUT2D eigenvalue weighted by atomic mass is 16.6. The number of carbonyl (C=O) groups excluding carboxylic acids is 1. The molecule has 0 aliphatic rings. The lowest BCUT2D eigenvalue weighted by Crippen LogP contribution is -2.45. The van der Waals surface area contributed by atoms with Crippen molar-refractivity contribution in [3.63, 3.8) is 0 Å². The van der Waals surface area contributed by atoms with Crippen molar-refractivity contribution in [2.45, 2.75) is 51.8 Å². The third-order valence-electron chi connectivity index (χ3n) is 3.23. The van der Waals surface area contributed by atoms with E-state index in [0.29, 0.717) is 5.69 Å². The zero-order chi connectivity index (χ0) is 19.9. The summed E-state index contributed by atoms with van der Waals surface area (Å²) in [6.07, 6.45) is 0.114. The van der Waals surface area contributed by atoms with Gasteiger partial charge in [0.2, 0.25) is 0 Å². The average Bonchev–Trinajstić information content (AvgIpc) is 2.91. The van der Waals surface area contributed by atoms with Gasteiger partial charge in [0.1, 0.15) is 11.6 Å². The van der Waals surface area contributed by atoms with Crippen LogP contribution in [-0.4, -0.2) is 66.6 Å². The van der Waals surface area contributed by atoms with E-state index in [1.165, 1.54) is 10.9 Å².